The number of aliphatic imine (C=N–C) groups is 1. The monoisotopic (exact) mass is 221 g/mol. The van der Waals surface area contributed by atoms with E-state index in [0.29, 0.717) is 5.92 Å². The molecule has 3 heteroatoms. The number of hydrogen-bond acceptors (Lipinski definition) is 2. The molecule has 0 fully saturated rings. The van der Waals surface area contributed by atoms with Crippen molar-refractivity contribution in [3.63, 3.8) is 0 Å². The van der Waals surface area contributed by atoms with Gasteiger partial charge in [-0.05, 0) is 32.8 Å². The first kappa shape index (κ1) is 12.8. The van der Waals surface area contributed by atoms with Crippen LogP contribution in [-0.2, 0) is 0 Å². The van der Waals surface area contributed by atoms with Crippen LogP contribution in [0.2, 0.25) is 0 Å². The SMILES string of the molecule is C=C1NC(=NCC(C)C)C=CN1C(C)(C)C. The lowest BCUT2D eigenvalue weighted by atomic mass is 10.1. The molecule has 3 nitrogen and oxygen atoms in total. The maximum absolute atomic E-state index is 4.48. The van der Waals surface area contributed by atoms with Crippen LogP contribution in [-0.4, -0.2) is 22.8 Å². The predicted octanol–water partition coefficient (Wildman–Crippen LogP) is 2.73. The summed E-state index contributed by atoms with van der Waals surface area (Å²) in [4.78, 5) is 6.59. The van der Waals surface area contributed by atoms with Crippen molar-refractivity contribution in [3.05, 3.63) is 24.7 Å². The van der Waals surface area contributed by atoms with Crippen molar-refractivity contribution >= 4 is 5.84 Å². The molecule has 1 rings (SSSR count). The number of nitrogens with zero attached hydrogens (tertiary/aromatic N) is 2. The van der Waals surface area contributed by atoms with Gasteiger partial charge in [0.1, 0.15) is 11.7 Å². The summed E-state index contributed by atoms with van der Waals surface area (Å²) in [5.41, 5.74) is 0.0458. The van der Waals surface area contributed by atoms with Crippen LogP contribution in [0.5, 0.6) is 0 Å². The van der Waals surface area contributed by atoms with Gasteiger partial charge in [0.15, 0.2) is 0 Å². The molecule has 90 valence electrons. The van der Waals surface area contributed by atoms with Gasteiger partial charge in [-0.3, -0.25) is 4.99 Å². The lowest BCUT2D eigenvalue weighted by molar-refractivity contribution is 0.248. The van der Waals surface area contributed by atoms with Crippen molar-refractivity contribution in [2.24, 2.45) is 10.9 Å². The van der Waals surface area contributed by atoms with Gasteiger partial charge in [-0.2, -0.15) is 0 Å². The third kappa shape index (κ3) is 3.40. The second-order valence-electron chi connectivity index (χ2n) is 5.55. The number of nitrogens with one attached hydrogen (secondary N) is 1. The first-order chi connectivity index (χ1) is 7.30. The zero-order valence-corrected chi connectivity index (χ0v) is 11.0. The molecule has 0 atom stereocenters. The first-order valence-electron chi connectivity index (χ1n) is 5.78. The fourth-order valence-corrected chi connectivity index (χ4v) is 1.49. The van der Waals surface area contributed by atoms with E-state index in [1.165, 1.54) is 0 Å². The molecule has 1 aliphatic rings. The summed E-state index contributed by atoms with van der Waals surface area (Å²) in [6.45, 7) is 15.6. The zero-order chi connectivity index (χ0) is 12.3. The van der Waals surface area contributed by atoms with Crippen molar-refractivity contribution in [2.75, 3.05) is 6.54 Å². The van der Waals surface area contributed by atoms with Gasteiger partial charge in [0, 0.05) is 18.3 Å². The lowest BCUT2D eigenvalue weighted by Crippen LogP contribution is -2.44. The summed E-state index contributed by atoms with van der Waals surface area (Å²) < 4.78 is 0. The molecule has 0 bridgehead atoms. The summed E-state index contributed by atoms with van der Waals surface area (Å²) in [5, 5.41) is 3.22. The maximum atomic E-state index is 4.48. The van der Waals surface area contributed by atoms with Gasteiger partial charge in [-0.1, -0.05) is 20.4 Å². The van der Waals surface area contributed by atoms with Crippen molar-refractivity contribution in [3.8, 4) is 0 Å². The van der Waals surface area contributed by atoms with Crippen LogP contribution in [0.1, 0.15) is 34.6 Å². The Morgan fingerprint density at radius 1 is 1.44 bits per heavy atom. The fourth-order valence-electron chi connectivity index (χ4n) is 1.49. The molecule has 0 amide bonds. The Morgan fingerprint density at radius 3 is 2.50 bits per heavy atom. The number of rotatable bonds is 2. The molecule has 0 radical (unpaired) electrons. The molecule has 0 spiro atoms. The molecule has 0 aromatic rings. The molecule has 0 unspecified atom stereocenters. The summed E-state index contributed by atoms with van der Waals surface area (Å²) in [5.74, 6) is 2.37. The highest BCUT2D eigenvalue weighted by Crippen LogP contribution is 2.19. The second kappa shape index (κ2) is 4.73. The van der Waals surface area contributed by atoms with Gasteiger partial charge in [-0.15, -0.1) is 0 Å². The zero-order valence-electron chi connectivity index (χ0n) is 11.0. The van der Waals surface area contributed by atoms with Crippen LogP contribution in [0.25, 0.3) is 0 Å². The van der Waals surface area contributed by atoms with E-state index in [0.717, 1.165) is 18.2 Å². The molecule has 0 aromatic carbocycles. The average molecular weight is 221 g/mol. The van der Waals surface area contributed by atoms with E-state index in [1.807, 2.05) is 12.3 Å². The Balaban J connectivity index is 2.74. The third-order valence-corrected chi connectivity index (χ3v) is 2.29. The van der Waals surface area contributed by atoms with Crippen LogP contribution in [0.3, 0.4) is 0 Å². The smallest absolute Gasteiger partial charge is 0.127 e. The first-order valence-corrected chi connectivity index (χ1v) is 5.78. The topological polar surface area (TPSA) is 27.6 Å². The standard InChI is InChI=1S/C13H23N3/c1-10(2)9-14-12-7-8-16(11(3)15-12)13(4,5)6/h7-8,10H,3,9H2,1-2,4-6H3,(H,14,15). The van der Waals surface area contributed by atoms with Crippen LogP contribution in [0.4, 0.5) is 0 Å². The summed E-state index contributed by atoms with van der Waals surface area (Å²) in [6.07, 6.45) is 4.04. The van der Waals surface area contributed by atoms with Gasteiger partial charge in [0.25, 0.3) is 0 Å². The van der Waals surface area contributed by atoms with Gasteiger partial charge in [0.2, 0.25) is 0 Å². The molecule has 0 saturated heterocycles. The number of hydrogen-bond donors (Lipinski definition) is 1. The quantitative estimate of drug-likeness (QED) is 0.776. The molecule has 16 heavy (non-hydrogen) atoms. The van der Waals surface area contributed by atoms with Crippen LogP contribution >= 0.6 is 0 Å². The van der Waals surface area contributed by atoms with Crippen molar-refractivity contribution < 1.29 is 0 Å². The van der Waals surface area contributed by atoms with Gasteiger partial charge < -0.3 is 10.2 Å². The highest BCUT2D eigenvalue weighted by atomic mass is 15.3. The molecule has 0 saturated carbocycles. The number of amidine groups is 1. The minimum atomic E-state index is 0.0458. The minimum absolute atomic E-state index is 0.0458. The summed E-state index contributed by atoms with van der Waals surface area (Å²) in [7, 11) is 0. The molecular weight excluding hydrogens is 198 g/mol. The molecule has 0 aliphatic carbocycles. The van der Waals surface area contributed by atoms with E-state index in [4.69, 9.17) is 0 Å². The normalized spacial score (nSPS) is 19.5. The Bertz CT molecular complexity index is 319. The van der Waals surface area contributed by atoms with Crippen LogP contribution in [0.15, 0.2) is 29.7 Å². The van der Waals surface area contributed by atoms with E-state index < -0.39 is 0 Å². The Labute approximate surface area is 98.9 Å². The Kier molecular flexibility index (Phi) is 3.79. The van der Waals surface area contributed by atoms with Crippen LogP contribution < -0.4 is 5.32 Å². The highest BCUT2D eigenvalue weighted by Gasteiger charge is 2.23. The van der Waals surface area contributed by atoms with E-state index in [9.17, 15) is 0 Å². The second-order valence-corrected chi connectivity index (χ2v) is 5.55. The predicted molar refractivity (Wildman–Crippen MR) is 70.1 cm³/mol. The van der Waals surface area contributed by atoms with Crippen molar-refractivity contribution in [1.29, 1.82) is 0 Å². The summed E-state index contributed by atoms with van der Waals surface area (Å²) >= 11 is 0. The molecule has 1 aliphatic heterocycles. The van der Waals surface area contributed by atoms with Crippen LogP contribution in [0, 0.1) is 5.92 Å². The van der Waals surface area contributed by atoms with Gasteiger partial charge in [-0.25, -0.2) is 0 Å². The molecule has 0 aromatic heterocycles. The molecule has 1 N–H and O–H groups in total. The molecular formula is C13H23N3. The van der Waals surface area contributed by atoms with Gasteiger partial charge in [0.05, 0.1) is 0 Å². The van der Waals surface area contributed by atoms with E-state index in [1.54, 1.807) is 0 Å². The third-order valence-electron chi connectivity index (χ3n) is 2.29. The van der Waals surface area contributed by atoms with Crippen molar-refractivity contribution in [1.82, 2.24) is 10.2 Å². The largest absolute Gasteiger partial charge is 0.330 e. The van der Waals surface area contributed by atoms with Gasteiger partial charge >= 0.3 is 0 Å². The average Bonchev–Trinajstić information content (AvgIpc) is 2.12. The highest BCUT2D eigenvalue weighted by molar-refractivity contribution is 5.94. The lowest BCUT2D eigenvalue weighted by Gasteiger charge is -2.38. The fraction of sp³-hybridized carbons (Fsp3) is 0.615. The maximum Gasteiger partial charge on any atom is 0.127 e. The Hall–Kier alpha value is -1.25. The van der Waals surface area contributed by atoms with Crippen molar-refractivity contribution in [2.45, 2.75) is 40.2 Å². The van der Waals surface area contributed by atoms with E-state index in [-0.39, 0.29) is 5.54 Å². The van der Waals surface area contributed by atoms with E-state index in [2.05, 4.69) is 56.4 Å². The summed E-state index contributed by atoms with van der Waals surface area (Å²) in [6, 6.07) is 0. The Morgan fingerprint density at radius 2 is 2.06 bits per heavy atom. The molecule has 1 heterocycles. The minimum Gasteiger partial charge on any atom is -0.330 e. The van der Waals surface area contributed by atoms with E-state index >= 15 is 0 Å².